The average Bonchev–Trinajstić information content (AvgIpc) is 3.55. The quantitative estimate of drug-likeness (QED) is 0.365. The van der Waals surface area contributed by atoms with Crippen molar-refractivity contribution < 1.29 is 4.79 Å². The Morgan fingerprint density at radius 2 is 1.38 bits per heavy atom. The zero-order valence-corrected chi connectivity index (χ0v) is 18.7. The van der Waals surface area contributed by atoms with Gasteiger partial charge < -0.3 is 5.32 Å². The van der Waals surface area contributed by atoms with Gasteiger partial charge in [0.25, 0.3) is 0 Å². The Kier molecular flexibility index (Phi) is 6.29. The Balaban J connectivity index is 1.25. The van der Waals surface area contributed by atoms with Crippen molar-refractivity contribution in [3.63, 3.8) is 0 Å². The highest BCUT2D eigenvalue weighted by atomic mass is 16.1. The second kappa shape index (κ2) is 10.0. The third-order valence-electron chi connectivity index (χ3n) is 5.63. The number of carbonyl (C=O) groups is 1. The van der Waals surface area contributed by atoms with Crippen molar-refractivity contribution in [2.75, 3.05) is 0 Å². The van der Waals surface area contributed by atoms with Gasteiger partial charge in [-0.15, -0.1) is 0 Å². The highest BCUT2D eigenvalue weighted by Crippen LogP contribution is 2.23. The van der Waals surface area contributed by atoms with E-state index in [9.17, 15) is 4.79 Å². The molecule has 6 nitrogen and oxygen atoms in total. The number of para-hydroxylation sites is 2. The molecule has 168 valence electrons. The van der Waals surface area contributed by atoms with Crippen LogP contribution in [-0.4, -0.2) is 25.5 Å². The molecule has 3 aromatic carbocycles. The number of carbonyl (C=O) groups excluding carboxylic acids is 1. The summed E-state index contributed by atoms with van der Waals surface area (Å²) >= 11 is 0. The molecule has 0 atom stereocenters. The predicted molar refractivity (Wildman–Crippen MR) is 133 cm³/mol. The molecular formula is C28H25N5O. The van der Waals surface area contributed by atoms with E-state index >= 15 is 0 Å². The fourth-order valence-electron chi connectivity index (χ4n) is 3.84. The Hall–Kier alpha value is -4.45. The van der Waals surface area contributed by atoms with E-state index in [0.717, 1.165) is 33.8 Å². The molecule has 6 heteroatoms. The summed E-state index contributed by atoms with van der Waals surface area (Å²) in [7, 11) is 0. The molecule has 0 bridgehead atoms. The second-order valence-electron chi connectivity index (χ2n) is 8.05. The van der Waals surface area contributed by atoms with E-state index < -0.39 is 0 Å². The molecule has 0 aliphatic heterocycles. The molecule has 5 aromatic rings. The smallest absolute Gasteiger partial charge is 0.220 e. The molecule has 0 saturated heterocycles. The van der Waals surface area contributed by atoms with Gasteiger partial charge in [0.2, 0.25) is 5.91 Å². The predicted octanol–water partition coefficient (Wildman–Crippen LogP) is 4.97. The third-order valence-corrected chi connectivity index (χ3v) is 5.63. The summed E-state index contributed by atoms with van der Waals surface area (Å²) in [6, 6.07) is 30.0. The molecular weight excluding hydrogens is 422 g/mol. The van der Waals surface area contributed by atoms with Crippen molar-refractivity contribution in [1.82, 2.24) is 24.9 Å². The van der Waals surface area contributed by atoms with Crippen molar-refractivity contribution in [2.45, 2.75) is 19.4 Å². The van der Waals surface area contributed by atoms with E-state index in [1.807, 2.05) is 119 Å². The molecule has 34 heavy (non-hydrogen) atoms. The minimum Gasteiger partial charge on any atom is -0.352 e. The number of aromatic nitrogens is 4. The van der Waals surface area contributed by atoms with Crippen LogP contribution in [0.4, 0.5) is 0 Å². The molecule has 0 radical (unpaired) electrons. The van der Waals surface area contributed by atoms with Crippen molar-refractivity contribution in [1.29, 1.82) is 0 Å². The van der Waals surface area contributed by atoms with E-state index in [0.29, 0.717) is 19.4 Å². The fourth-order valence-corrected chi connectivity index (χ4v) is 3.84. The highest BCUT2D eigenvalue weighted by Gasteiger charge is 2.13. The van der Waals surface area contributed by atoms with Crippen molar-refractivity contribution in [3.05, 3.63) is 121 Å². The van der Waals surface area contributed by atoms with Gasteiger partial charge in [-0.05, 0) is 36.2 Å². The van der Waals surface area contributed by atoms with Crippen molar-refractivity contribution in [2.24, 2.45) is 0 Å². The standard InChI is InChI=1S/C28H25N5O/c34-27(17-16-22-18-30-32(20-22)25-12-6-2-7-13-25)29-19-24-21-33(26-14-8-3-9-15-26)31-28(24)23-10-4-1-5-11-23/h1-15,18,20-21H,16-17,19H2,(H,29,34). The molecule has 5 rings (SSSR count). The van der Waals surface area contributed by atoms with Gasteiger partial charge >= 0.3 is 0 Å². The van der Waals surface area contributed by atoms with Gasteiger partial charge in [0.1, 0.15) is 0 Å². The van der Waals surface area contributed by atoms with E-state index in [1.165, 1.54) is 0 Å². The fraction of sp³-hybridized carbons (Fsp3) is 0.107. The van der Waals surface area contributed by atoms with E-state index in [1.54, 1.807) is 0 Å². The summed E-state index contributed by atoms with van der Waals surface area (Å²) in [6.07, 6.45) is 6.81. The van der Waals surface area contributed by atoms with Gasteiger partial charge in [0.15, 0.2) is 0 Å². The Morgan fingerprint density at radius 3 is 2.06 bits per heavy atom. The van der Waals surface area contributed by atoms with Gasteiger partial charge in [0, 0.05) is 36.5 Å². The van der Waals surface area contributed by atoms with Crippen LogP contribution in [0.2, 0.25) is 0 Å². The maximum absolute atomic E-state index is 12.6. The zero-order valence-electron chi connectivity index (χ0n) is 18.7. The number of benzene rings is 3. The normalized spacial score (nSPS) is 10.8. The third kappa shape index (κ3) is 4.96. The minimum atomic E-state index is -0.000987. The lowest BCUT2D eigenvalue weighted by atomic mass is 10.1. The maximum Gasteiger partial charge on any atom is 0.220 e. The minimum absolute atomic E-state index is 0.000987. The average molecular weight is 448 g/mol. The topological polar surface area (TPSA) is 64.7 Å². The monoisotopic (exact) mass is 447 g/mol. The molecule has 0 saturated carbocycles. The van der Waals surface area contributed by atoms with Crippen LogP contribution in [0.1, 0.15) is 17.5 Å². The molecule has 1 amide bonds. The first-order valence-corrected chi connectivity index (χ1v) is 11.3. The van der Waals surface area contributed by atoms with Gasteiger partial charge in [-0.2, -0.15) is 10.2 Å². The number of aryl methyl sites for hydroxylation is 1. The van der Waals surface area contributed by atoms with Crippen molar-refractivity contribution in [3.8, 4) is 22.6 Å². The van der Waals surface area contributed by atoms with Crippen LogP contribution in [0.3, 0.4) is 0 Å². The zero-order chi connectivity index (χ0) is 23.2. The first kappa shape index (κ1) is 21.4. The van der Waals surface area contributed by atoms with Crippen LogP contribution in [0, 0.1) is 0 Å². The van der Waals surface area contributed by atoms with Gasteiger partial charge in [-0.1, -0.05) is 66.7 Å². The Bertz CT molecular complexity index is 1360. The summed E-state index contributed by atoms with van der Waals surface area (Å²) in [4.78, 5) is 12.6. The van der Waals surface area contributed by atoms with E-state index in [4.69, 9.17) is 5.10 Å². The number of nitrogens with one attached hydrogen (secondary N) is 1. The molecule has 0 aliphatic carbocycles. The van der Waals surface area contributed by atoms with Crippen LogP contribution in [0.15, 0.2) is 110 Å². The second-order valence-corrected chi connectivity index (χ2v) is 8.05. The summed E-state index contributed by atoms with van der Waals surface area (Å²) < 4.78 is 3.69. The summed E-state index contributed by atoms with van der Waals surface area (Å²) in [6.45, 7) is 0.416. The van der Waals surface area contributed by atoms with Crippen molar-refractivity contribution >= 4 is 5.91 Å². The first-order chi connectivity index (χ1) is 16.8. The number of amides is 1. The molecule has 2 aromatic heterocycles. The van der Waals surface area contributed by atoms with Gasteiger partial charge in [0.05, 0.1) is 23.3 Å². The lowest BCUT2D eigenvalue weighted by Crippen LogP contribution is -2.23. The maximum atomic E-state index is 12.6. The Morgan fingerprint density at radius 1 is 0.765 bits per heavy atom. The number of hydrogen-bond donors (Lipinski definition) is 1. The lowest BCUT2D eigenvalue weighted by molar-refractivity contribution is -0.121. The number of nitrogens with zero attached hydrogens (tertiary/aromatic N) is 4. The highest BCUT2D eigenvalue weighted by molar-refractivity contribution is 5.76. The van der Waals surface area contributed by atoms with Gasteiger partial charge in [-0.25, -0.2) is 9.36 Å². The number of hydrogen-bond acceptors (Lipinski definition) is 3. The van der Waals surface area contributed by atoms with Crippen LogP contribution < -0.4 is 5.32 Å². The van der Waals surface area contributed by atoms with E-state index in [-0.39, 0.29) is 5.91 Å². The number of rotatable bonds is 8. The van der Waals surface area contributed by atoms with E-state index in [2.05, 4.69) is 10.4 Å². The molecule has 0 spiro atoms. The lowest BCUT2D eigenvalue weighted by Gasteiger charge is -2.05. The molecule has 2 heterocycles. The van der Waals surface area contributed by atoms with Gasteiger partial charge in [-0.3, -0.25) is 4.79 Å². The molecule has 0 aliphatic rings. The van der Waals surface area contributed by atoms with Crippen LogP contribution >= 0.6 is 0 Å². The molecule has 0 fully saturated rings. The summed E-state index contributed by atoms with van der Waals surface area (Å²) in [5.41, 5.74) is 5.87. The van der Waals surface area contributed by atoms with Crippen LogP contribution in [-0.2, 0) is 17.8 Å². The molecule has 0 unspecified atom stereocenters. The Labute approximate surface area is 198 Å². The summed E-state index contributed by atoms with van der Waals surface area (Å²) in [5, 5.41) is 12.3. The largest absolute Gasteiger partial charge is 0.352 e. The van der Waals surface area contributed by atoms with Crippen LogP contribution in [0.5, 0.6) is 0 Å². The summed E-state index contributed by atoms with van der Waals surface area (Å²) in [5.74, 6) is -0.000987. The molecule has 1 N–H and O–H groups in total. The first-order valence-electron chi connectivity index (χ1n) is 11.3. The SMILES string of the molecule is O=C(CCc1cnn(-c2ccccc2)c1)NCc1cn(-c2ccccc2)nc1-c1ccccc1. The van der Waals surface area contributed by atoms with Crippen LogP contribution in [0.25, 0.3) is 22.6 Å².